The molecule has 0 radical (unpaired) electrons. The van der Waals surface area contributed by atoms with Gasteiger partial charge in [0, 0.05) is 24.9 Å². The summed E-state index contributed by atoms with van der Waals surface area (Å²) < 4.78 is 5.20. The zero-order chi connectivity index (χ0) is 16.6. The fourth-order valence-electron chi connectivity index (χ4n) is 1.99. The molecule has 1 amide bonds. The third kappa shape index (κ3) is 7.88. The Bertz CT molecular complexity index is 469. The summed E-state index contributed by atoms with van der Waals surface area (Å²) in [6.45, 7) is 8.20. The van der Waals surface area contributed by atoms with E-state index in [0.29, 0.717) is 6.54 Å². The quantitative estimate of drug-likeness (QED) is 0.724. The third-order valence-corrected chi connectivity index (χ3v) is 2.92. The Morgan fingerprint density at radius 2 is 2.09 bits per heavy atom. The van der Waals surface area contributed by atoms with Gasteiger partial charge in [0.1, 0.15) is 5.60 Å². The number of rotatable bonds is 7. The van der Waals surface area contributed by atoms with Crippen molar-refractivity contribution in [3.8, 4) is 0 Å². The van der Waals surface area contributed by atoms with Gasteiger partial charge in [-0.3, -0.25) is 0 Å². The van der Waals surface area contributed by atoms with Crippen LogP contribution in [0.1, 0.15) is 39.7 Å². The first-order valence-corrected chi connectivity index (χ1v) is 7.73. The van der Waals surface area contributed by atoms with Crippen LogP contribution in [0, 0.1) is 0 Å². The summed E-state index contributed by atoms with van der Waals surface area (Å²) in [5.41, 5.74) is 1.71. The predicted octanol–water partition coefficient (Wildman–Crippen LogP) is 2.94. The monoisotopic (exact) mass is 308 g/mol. The average Bonchev–Trinajstić information content (AvgIpc) is 2.41. The number of nitrogens with one attached hydrogen (secondary N) is 2. The predicted molar refractivity (Wildman–Crippen MR) is 89.2 cm³/mol. The summed E-state index contributed by atoms with van der Waals surface area (Å²) in [6, 6.07) is 8.18. The molecule has 124 valence electrons. The van der Waals surface area contributed by atoms with Gasteiger partial charge in [-0.25, -0.2) is 4.79 Å². The van der Waals surface area contributed by atoms with Gasteiger partial charge >= 0.3 is 6.09 Å². The lowest BCUT2D eigenvalue weighted by Gasteiger charge is -2.21. The minimum Gasteiger partial charge on any atom is -0.444 e. The molecule has 0 spiro atoms. The number of ether oxygens (including phenoxy) is 1. The van der Waals surface area contributed by atoms with E-state index in [0.717, 1.165) is 18.5 Å². The van der Waals surface area contributed by atoms with Crippen molar-refractivity contribution in [2.45, 2.75) is 52.2 Å². The van der Waals surface area contributed by atoms with Crippen molar-refractivity contribution in [2.75, 3.05) is 18.5 Å². The smallest absolute Gasteiger partial charge is 0.407 e. The van der Waals surface area contributed by atoms with E-state index in [1.165, 1.54) is 5.56 Å². The van der Waals surface area contributed by atoms with Crippen LogP contribution in [-0.4, -0.2) is 36.0 Å². The fourth-order valence-corrected chi connectivity index (χ4v) is 1.99. The van der Waals surface area contributed by atoms with Crippen LogP contribution in [0.5, 0.6) is 0 Å². The number of aryl methyl sites for hydroxylation is 1. The number of benzene rings is 1. The molecule has 0 aliphatic heterocycles. The van der Waals surface area contributed by atoms with Gasteiger partial charge in [0.25, 0.3) is 0 Å². The molecular weight excluding hydrogens is 280 g/mol. The fraction of sp³-hybridized carbons (Fsp3) is 0.588. The number of anilines is 1. The molecule has 0 aliphatic rings. The van der Waals surface area contributed by atoms with E-state index in [4.69, 9.17) is 9.84 Å². The van der Waals surface area contributed by atoms with Crippen molar-refractivity contribution in [2.24, 2.45) is 0 Å². The van der Waals surface area contributed by atoms with Crippen LogP contribution >= 0.6 is 0 Å². The maximum atomic E-state index is 11.6. The highest BCUT2D eigenvalue weighted by molar-refractivity contribution is 5.67. The Morgan fingerprint density at radius 3 is 2.73 bits per heavy atom. The van der Waals surface area contributed by atoms with E-state index < -0.39 is 11.7 Å². The van der Waals surface area contributed by atoms with E-state index in [1.807, 2.05) is 45.9 Å². The van der Waals surface area contributed by atoms with Gasteiger partial charge in [-0.05, 0) is 58.2 Å². The highest BCUT2D eigenvalue weighted by Crippen LogP contribution is 2.13. The van der Waals surface area contributed by atoms with Gasteiger partial charge in [0.2, 0.25) is 0 Å². The van der Waals surface area contributed by atoms with Crippen molar-refractivity contribution >= 4 is 11.8 Å². The molecule has 1 rings (SSSR count). The second-order valence-electron chi connectivity index (χ2n) is 6.46. The normalized spacial score (nSPS) is 12.6. The second kappa shape index (κ2) is 8.63. The van der Waals surface area contributed by atoms with Gasteiger partial charge < -0.3 is 20.5 Å². The van der Waals surface area contributed by atoms with Crippen molar-refractivity contribution < 1.29 is 14.6 Å². The molecule has 1 unspecified atom stereocenters. The number of alkyl carbamates (subject to hydrolysis) is 1. The molecular formula is C17H28N2O3. The first-order valence-electron chi connectivity index (χ1n) is 7.73. The molecule has 3 N–H and O–H groups in total. The van der Waals surface area contributed by atoms with Gasteiger partial charge in [0.15, 0.2) is 0 Å². The highest BCUT2D eigenvalue weighted by atomic mass is 16.6. The van der Waals surface area contributed by atoms with Gasteiger partial charge in [-0.1, -0.05) is 12.1 Å². The second-order valence-corrected chi connectivity index (χ2v) is 6.46. The lowest BCUT2D eigenvalue weighted by Crippen LogP contribution is -2.38. The van der Waals surface area contributed by atoms with Gasteiger partial charge in [-0.2, -0.15) is 0 Å². The lowest BCUT2D eigenvalue weighted by molar-refractivity contribution is 0.0526. The Hall–Kier alpha value is -1.75. The molecule has 5 heteroatoms. The number of hydrogen-bond donors (Lipinski definition) is 3. The van der Waals surface area contributed by atoms with E-state index in [9.17, 15) is 4.79 Å². The summed E-state index contributed by atoms with van der Waals surface area (Å²) in [4.78, 5) is 11.6. The Balaban J connectivity index is 2.41. The van der Waals surface area contributed by atoms with E-state index in [-0.39, 0.29) is 12.6 Å². The number of aliphatic hydroxyl groups excluding tert-OH is 1. The largest absolute Gasteiger partial charge is 0.444 e. The molecule has 0 heterocycles. The first kappa shape index (κ1) is 18.3. The number of hydrogen-bond acceptors (Lipinski definition) is 4. The van der Waals surface area contributed by atoms with Gasteiger partial charge in [0.05, 0.1) is 0 Å². The maximum absolute atomic E-state index is 11.6. The van der Waals surface area contributed by atoms with E-state index in [1.54, 1.807) is 0 Å². The number of aliphatic hydroxyl groups is 1. The molecule has 1 aromatic carbocycles. The van der Waals surface area contributed by atoms with Gasteiger partial charge in [-0.15, -0.1) is 0 Å². The zero-order valence-electron chi connectivity index (χ0n) is 14.0. The minimum atomic E-state index is -0.484. The maximum Gasteiger partial charge on any atom is 0.407 e. The van der Waals surface area contributed by atoms with E-state index >= 15 is 0 Å². The van der Waals surface area contributed by atoms with Crippen LogP contribution < -0.4 is 10.6 Å². The summed E-state index contributed by atoms with van der Waals surface area (Å²) in [6.07, 6.45) is 1.22. The average molecular weight is 308 g/mol. The zero-order valence-corrected chi connectivity index (χ0v) is 14.0. The van der Waals surface area contributed by atoms with Crippen LogP contribution in [0.3, 0.4) is 0 Å². The van der Waals surface area contributed by atoms with Crippen molar-refractivity contribution in [3.63, 3.8) is 0 Å². The molecule has 5 nitrogen and oxygen atoms in total. The Morgan fingerprint density at radius 1 is 1.36 bits per heavy atom. The van der Waals surface area contributed by atoms with E-state index in [2.05, 4.69) is 16.7 Å². The van der Waals surface area contributed by atoms with Crippen molar-refractivity contribution in [1.29, 1.82) is 0 Å². The van der Waals surface area contributed by atoms with Crippen LogP contribution in [0.25, 0.3) is 0 Å². The van der Waals surface area contributed by atoms with Crippen LogP contribution in [0.15, 0.2) is 24.3 Å². The highest BCUT2D eigenvalue weighted by Gasteiger charge is 2.16. The number of carbonyl (C=O) groups excluding carboxylic acids is 1. The molecule has 22 heavy (non-hydrogen) atoms. The topological polar surface area (TPSA) is 70.6 Å². The Kier molecular flexibility index (Phi) is 7.18. The molecule has 0 fully saturated rings. The molecule has 0 saturated carbocycles. The lowest BCUT2D eigenvalue weighted by atomic mass is 10.1. The van der Waals surface area contributed by atoms with Crippen molar-refractivity contribution in [3.05, 3.63) is 29.8 Å². The summed E-state index contributed by atoms with van der Waals surface area (Å²) in [5, 5.41) is 15.0. The summed E-state index contributed by atoms with van der Waals surface area (Å²) in [7, 11) is 0. The van der Waals surface area contributed by atoms with Crippen LogP contribution in [-0.2, 0) is 11.2 Å². The standard InChI is InChI=1S/C17H28N2O3/c1-13(12-18-16(21)22-17(2,3)4)19-15-9-5-7-14(11-15)8-6-10-20/h5,7,9,11,13,19-20H,6,8,10,12H2,1-4H3,(H,18,21). The Labute approximate surface area is 133 Å². The van der Waals surface area contributed by atoms with Crippen LogP contribution in [0.4, 0.5) is 10.5 Å². The minimum absolute atomic E-state index is 0.0839. The molecule has 0 saturated heterocycles. The molecule has 0 bridgehead atoms. The number of amides is 1. The molecule has 0 aromatic heterocycles. The summed E-state index contributed by atoms with van der Waals surface area (Å²) >= 11 is 0. The molecule has 1 atom stereocenters. The first-order chi connectivity index (χ1) is 10.3. The number of carbonyl (C=O) groups is 1. The summed E-state index contributed by atoms with van der Waals surface area (Å²) in [5.74, 6) is 0. The SMILES string of the molecule is CC(CNC(=O)OC(C)(C)C)Nc1cccc(CCCO)c1. The molecule has 1 aromatic rings. The third-order valence-electron chi connectivity index (χ3n) is 2.92. The molecule has 0 aliphatic carbocycles. The van der Waals surface area contributed by atoms with Crippen LogP contribution in [0.2, 0.25) is 0 Å². The van der Waals surface area contributed by atoms with Crippen molar-refractivity contribution in [1.82, 2.24) is 5.32 Å².